The molecule has 6 aromatic carbocycles. The second-order valence-electron chi connectivity index (χ2n) is 10.9. The van der Waals surface area contributed by atoms with Crippen LogP contribution in [0.25, 0.3) is 80.7 Å². The van der Waals surface area contributed by atoms with Crippen LogP contribution in [0.2, 0.25) is 0 Å². The Labute approximate surface area is 233 Å². The third kappa shape index (κ3) is 2.58. The maximum absolute atomic E-state index is 6.93. The van der Waals surface area contributed by atoms with Crippen molar-refractivity contribution >= 4 is 75.3 Å². The molecule has 3 heteroatoms. The van der Waals surface area contributed by atoms with Gasteiger partial charge in [-0.25, -0.2) is 0 Å². The fraction of sp³-hybridized carbons (Fsp3) is 0.0270. The molecule has 0 aliphatic heterocycles. The number of furan rings is 1. The van der Waals surface area contributed by atoms with E-state index >= 15 is 0 Å². The van der Waals surface area contributed by atoms with Gasteiger partial charge >= 0.3 is 0 Å². The first kappa shape index (κ1) is 21.0. The van der Waals surface area contributed by atoms with Crippen molar-refractivity contribution in [2.24, 2.45) is 0 Å². The second kappa shape index (κ2) is 7.41. The minimum absolute atomic E-state index is 0.965. The van der Waals surface area contributed by atoms with Crippen molar-refractivity contribution in [1.82, 2.24) is 4.57 Å². The lowest BCUT2D eigenvalue weighted by atomic mass is 10.0. The maximum Gasteiger partial charge on any atom is 0.145 e. The van der Waals surface area contributed by atoms with E-state index in [0.29, 0.717) is 0 Å². The van der Waals surface area contributed by atoms with E-state index in [-0.39, 0.29) is 0 Å². The molecular weight excluding hydrogens is 506 g/mol. The fourth-order valence-electron chi connectivity index (χ4n) is 7.09. The first-order valence-corrected chi connectivity index (χ1v) is 14.6. The molecule has 3 aromatic heterocycles. The zero-order valence-electron chi connectivity index (χ0n) is 21.4. The van der Waals surface area contributed by atoms with Crippen LogP contribution < -0.4 is 0 Å². The Hall–Kier alpha value is -4.86. The van der Waals surface area contributed by atoms with Crippen molar-refractivity contribution in [3.05, 3.63) is 126 Å². The molecular formula is C37H21NOS. The van der Waals surface area contributed by atoms with Gasteiger partial charge in [0, 0.05) is 47.6 Å². The molecule has 0 unspecified atom stereocenters. The number of hydrogen-bond donors (Lipinski definition) is 0. The van der Waals surface area contributed by atoms with Crippen LogP contribution in [0, 0.1) is 0 Å². The highest BCUT2D eigenvalue weighted by atomic mass is 32.1. The number of hydrogen-bond acceptors (Lipinski definition) is 2. The number of fused-ring (bicyclic) bond motifs is 14. The number of nitrogens with zero attached hydrogens (tertiary/aromatic N) is 1. The number of rotatable bonds is 1. The van der Waals surface area contributed by atoms with E-state index < -0.39 is 0 Å². The Kier molecular flexibility index (Phi) is 3.89. The van der Waals surface area contributed by atoms with Crippen molar-refractivity contribution in [3.63, 3.8) is 0 Å². The topological polar surface area (TPSA) is 18.1 Å². The Bertz CT molecular complexity index is 2520. The predicted octanol–water partition coefficient (Wildman–Crippen LogP) is 10.6. The smallest absolute Gasteiger partial charge is 0.145 e. The van der Waals surface area contributed by atoms with Gasteiger partial charge < -0.3 is 8.98 Å². The molecule has 0 bridgehead atoms. The number of aromatic nitrogens is 1. The van der Waals surface area contributed by atoms with Gasteiger partial charge in [0.25, 0.3) is 0 Å². The van der Waals surface area contributed by atoms with Gasteiger partial charge in [0.2, 0.25) is 0 Å². The molecule has 3 heterocycles. The summed E-state index contributed by atoms with van der Waals surface area (Å²) in [5, 5.41) is 7.39. The average molecular weight is 528 g/mol. The summed E-state index contributed by atoms with van der Waals surface area (Å²) in [6.45, 7) is 0. The van der Waals surface area contributed by atoms with Crippen molar-refractivity contribution in [1.29, 1.82) is 0 Å². The molecule has 0 saturated carbocycles. The van der Waals surface area contributed by atoms with E-state index in [4.69, 9.17) is 4.42 Å². The van der Waals surface area contributed by atoms with E-state index in [1.807, 2.05) is 11.3 Å². The van der Waals surface area contributed by atoms with Crippen LogP contribution in [0.1, 0.15) is 11.1 Å². The van der Waals surface area contributed by atoms with Crippen LogP contribution in [-0.4, -0.2) is 4.57 Å². The number of para-hydroxylation sites is 1. The third-order valence-electron chi connectivity index (χ3n) is 8.82. The number of thiophene rings is 1. The highest BCUT2D eigenvalue weighted by molar-refractivity contribution is 7.25. The summed E-state index contributed by atoms with van der Waals surface area (Å²) in [4.78, 5) is 0. The molecule has 40 heavy (non-hydrogen) atoms. The third-order valence-corrected chi connectivity index (χ3v) is 9.97. The lowest BCUT2D eigenvalue weighted by Gasteiger charge is -2.08. The zero-order valence-corrected chi connectivity index (χ0v) is 22.3. The van der Waals surface area contributed by atoms with Crippen LogP contribution >= 0.6 is 11.3 Å². The molecule has 186 valence electrons. The molecule has 0 amide bonds. The normalized spacial score (nSPS) is 12.9. The van der Waals surface area contributed by atoms with Gasteiger partial charge in [0.1, 0.15) is 11.2 Å². The van der Waals surface area contributed by atoms with Crippen molar-refractivity contribution < 1.29 is 4.42 Å². The average Bonchev–Trinajstić information content (AvgIpc) is 3.74. The highest BCUT2D eigenvalue weighted by Crippen LogP contribution is 2.47. The van der Waals surface area contributed by atoms with Crippen LogP contribution in [-0.2, 0) is 6.42 Å². The summed E-state index contributed by atoms with van der Waals surface area (Å²) < 4.78 is 12.0. The Morgan fingerprint density at radius 3 is 2.30 bits per heavy atom. The van der Waals surface area contributed by atoms with Gasteiger partial charge in [0.15, 0.2) is 0 Å². The molecule has 0 saturated heterocycles. The fourth-order valence-corrected chi connectivity index (χ4v) is 8.17. The first-order chi connectivity index (χ1) is 19.8. The van der Waals surface area contributed by atoms with Gasteiger partial charge in [-0.2, -0.15) is 0 Å². The molecule has 9 aromatic rings. The monoisotopic (exact) mass is 527 g/mol. The second-order valence-corrected chi connectivity index (χ2v) is 12.0. The summed E-state index contributed by atoms with van der Waals surface area (Å²) in [6.07, 6.45) is 0.965. The molecule has 0 N–H and O–H groups in total. The van der Waals surface area contributed by atoms with Crippen LogP contribution in [0.3, 0.4) is 0 Å². The van der Waals surface area contributed by atoms with Crippen molar-refractivity contribution in [2.45, 2.75) is 6.42 Å². The quantitative estimate of drug-likeness (QED) is 0.208. The largest absolute Gasteiger partial charge is 0.455 e. The Balaban J connectivity index is 1.32. The molecule has 1 aliphatic rings. The lowest BCUT2D eigenvalue weighted by Crippen LogP contribution is -1.93. The molecule has 1 aliphatic carbocycles. The standard InChI is InChI=1S/C37H21NOS/c1-2-8-24-21(7-1)19-22-13-15-26-27-16-17-31-35(37(27)39-36(26)34(22)24)28-10-3-5-11-30(28)38(31)23-14-18-33-29(20-23)25-9-4-6-12-32(25)40-33/h1-18,20H,19H2. The summed E-state index contributed by atoms with van der Waals surface area (Å²) in [6, 6.07) is 42.2. The summed E-state index contributed by atoms with van der Waals surface area (Å²) in [5.41, 5.74) is 10.8. The van der Waals surface area contributed by atoms with Crippen LogP contribution in [0.5, 0.6) is 0 Å². The van der Waals surface area contributed by atoms with Crippen molar-refractivity contribution in [2.75, 3.05) is 0 Å². The molecule has 0 spiro atoms. The first-order valence-electron chi connectivity index (χ1n) is 13.7. The van der Waals surface area contributed by atoms with Crippen LogP contribution in [0.4, 0.5) is 0 Å². The minimum Gasteiger partial charge on any atom is -0.455 e. The molecule has 2 nitrogen and oxygen atoms in total. The van der Waals surface area contributed by atoms with E-state index in [1.54, 1.807) is 0 Å². The number of benzene rings is 6. The van der Waals surface area contributed by atoms with E-state index in [0.717, 1.165) is 17.6 Å². The molecule has 10 rings (SSSR count). The summed E-state index contributed by atoms with van der Waals surface area (Å²) in [5.74, 6) is 0. The molecule has 0 atom stereocenters. The van der Waals surface area contributed by atoms with Crippen molar-refractivity contribution in [3.8, 4) is 16.8 Å². The SMILES string of the molecule is c1ccc2c(c1)Cc1ccc3c(oc4c3ccc3c4c4ccccc4n3-c3ccc4sc5ccccc5c4c3)c1-2. The molecule has 0 fully saturated rings. The van der Waals surface area contributed by atoms with Gasteiger partial charge in [-0.3, -0.25) is 0 Å². The Morgan fingerprint density at radius 2 is 1.32 bits per heavy atom. The summed E-state index contributed by atoms with van der Waals surface area (Å²) in [7, 11) is 0. The Morgan fingerprint density at radius 1 is 0.550 bits per heavy atom. The van der Waals surface area contributed by atoms with E-state index in [1.165, 1.54) is 80.7 Å². The summed E-state index contributed by atoms with van der Waals surface area (Å²) >= 11 is 1.86. The van der Waals surface area contributed by atoms with Gasteiger partial charge in [-0.15, -0.1) is 11.3 Å². The highest BCUT2D eigenvalue weighted by Gasteiger charge is 2.25. The zero-order chi connectivity index (χ0) is 25.9. The minimum atomic E-state index is 0.965. The van der Waals surface area contributed by atoms with E-state index in [9.17, 15) is 0 Å². The van der Waals surface area contributed by atoms with Gasteiger partial charge in [0.05, 0.1) is 16.4 Å². The predicted molar refractivity (Wildman–Crippen MR) is 169 cm³/mol. The van der Waals surface area contributed by atoms with Crippen LogP contribution in [0.15, 0.2) is 120 Å². The maximum atomic E-state index is 6.93. The van der Waals surface area contributed by atoms with Gasteiger partial charge in [-0.1, -0.05) is 72.8 Å². The molecule has 0 radical (unpaired) electrons. The van der Waals surface area contributed by atoms with Gasteiger partial charge in [-0.05, 0) is 65.6 Å². The van der Waals surface area contributed by atoms with E-state index in [2.05, 4.69) is 120 Å². The lowest BCUT2D eigenvalue weighted by molar-refractivity contribution is 0.674.